The SMILES string of the molecule is CC(C)C(c1ccccc1)C(C)(C)C. The molecule has 1 aromatic rings. The van der Waals surface area contributed by atoms with Crippen LogP contribution >= 0.6 is 0 Å². The molecule has 0 N–H and O–H groups in total. The molecule has 1 aromatic carbocycles. The van der Waals surface area contributed by atoms with Crippen LogP contribution in [0.2, 0.25) is 0 Å². The summed E-state index contributed by atoms with van der Waals surface area (Å²) in [6.45, 7) is 11.6. The molecule has 0 aliphatic carbocycles. The second-order valence-electron chi connectivity index (χ2n) is 5.50. The molecule has 0 heterocycles. The second-order valence-corrected chi connectivity index (χ2v) is 5.50. The average Bonchev–Trinajstić information content (AvgIpc) is 2.02. The Kier molecular flexibility index (Phi) is 3.36. The van der Waals surface area contributed by atoms with Gasteiger partial charge in [-0.25, -0.2) is 0 Å². The fraction of sp³-hybridized carbons (Fsp3) is 0.571. The van der Waals surface area contributed by atoms with Gasteiger partial charge in [-0.15, -0.1) is 0 Å². The summed E-state index contributed by atoms with van der Waals surface area (Å²) in [6, 6.07) is 10.8. The Labute approximate surface area is 88.4 Å². The first-order valence-electron chi connectivity index (χ1n) is 5.48. The van der Waals surface area contributed by atoms with Gasteiger partial charge in [0.15, 0.2) is 0 Å². The Morgan fingerprint density at radius 2 is 1.43 bits per heavy atom. The van der Waals surface area contributed by atoms with E-state index in [-0.39, 0.29) is 0 Å². The lowest BCUT2D eigenvalue weighted by atomic mass is 9.71. The van der Waals surface area contributed by atoms with Gasteiger partial charge in [0.25, 0.3) is 0 Å². The van der Waals surface area contributed by atoms with Crippen molar-refractivity contribution in [1.82, 2.24) is 0 Å². The summed E-state index contributed by atoms with van der Waals surface area (Å²) in [5.74, 6) is 1.33. The molecular formula is C14H22. The van der Waals surface area contributed by atoms with E-state index in [0.717, 1.165) is 0 Å². The van der Waals surface area contributed by atoms with Crippen LogP contribution in [-0.4, -0.2) is 0 Å². The second kappa shape index (κ2) is 4.16. The molecule has 78 valence electrons. The van der Waals surface area contributed by atoms with E-state index in [1.165, 1.54) is 5.56 Å². The van der Waals surface area contributed by atoms with Crippen LogP contribution in [0.1, 0.15) is 46.1 Å². The van der Waals surface area contributed by atoms with Gasteiger partial charge in [0.2, 0.25) is 0 Å². The Bertz CT molecular complexity index is 264. The van der Waals surface area contributed by atoms with Gasteiger partial charge >= 0.3 is 0 Å². The van der Waals surface area contributed by atoms with Crippen molar-refractivity contribution >= 4 is 0 Å². The van der Waals surface area contributed by atoms with Crippen molar-refractivity contribution in [1.29, 1.82) is 0 Å². The highest BCUT2D eigenvalue weighted by Crippen LogP contribution is 2.40. The molecule has 0 nitrogen and oxygen atoms in total. The van der Waals surface area contributed by atoms with Crippen LogP contribution in [0.5, 0.6) is 0 Å². The maximum Gasteiger partial charge on any atom is -0.00902 e. The van der Waals surface area contributed by atoms with E-state index < -0.39 is 0 Å². The molecule has 0 aliphatic rings. The van der Waals surface area contributed by atoms with Gasteiger partial charge in [0, 0.05) is 0 Å². The maximum atomic E-state index is 2.32. The molecule has 0 bridgehead atoms. The zero-order valence-electron chi connectivity index (χ0n) is 10.0. The van der Waals surface area contributed by atoms with E-state index in [2.05, 4.69) is 65.0 Å². The summed E-state index contributed by atoms with van der Waals surface area (Å²) in [7, 11) is 0. The summed E-state index contributed by atoms with van der Waals surface area (Å²) in [4.78, 5) is 0. The standard InChI is InChI=1S/C14H22/c1-11(2)13(14(3,4)5)12-9-7-6-8-10-12/h6-11,13H,1-5H3. The lowest BCUT2D eigenvalue weighted by molar-refractivity contribution is 0.258. The third-order valence-corrected chi connectivity index (χ3v) is 2.76. The summed E-state index contributed by atoms with van der Waals surface area (Å²) in [6.07, 6.45) is 0. The normalized spacial score (nSPS) is 14.4. The Balaban J connectivity index is 3.02. The molecule has 0 saturated carbocycles. The molecule has 0 radical (unpaired) electrons. The van der Waals surface area contributed by atoms with Gasteiger partial charge in [0.1, 0.15) is 0 Å². The third kappa shape index (κ3) is 2.60. The van der Waals surface area contributed by atoms with Gasteiger partial charge < -0.3 is 0 Å². The summed E-state index contributed by atoms with van der Waals surface area (Å²) >= 11 is 0. The van der Waals surface area contributed by atoms with E-state index in [1.54, 1.807) is 0 Å². The van der Waals surface area contributed by atoms with E-state index in [4.69, 9.17) is 0 Å². The van der Waals surface area contributed by atoms with Crippen LogP contribution in [0.15, 0.2) is 30.3 Å². The number of benzene rings is 1. The fourth-order valence-electron chi connectivity index (χ4n) is 2.55. The molecular weight excluding hydrogens is 168 g/mol. The van der Waals surface area contributed by atoms with Crippen LogP contribution in [0.25, 0.3) is 0 Å². The summed E-state index contributed by atoms with van der Waals surface area (Å²) in [5, 5.41) is 0. The zero-order valence-corrected chi connectivity index (χ0v) is 10.0. The topological polar surface area (TPSA) is 0 Å². The molecule has 1 rings (SSSR count). The van der Waals surface area contributed by atoms with E-state index in [1.807, 2.05) is 0 Å². The Morgan fingerprint density at radius 1 is 0.929 bits per heavy atom. The largest absolute Gasteiger partial charge is 0.0622 e. The molecule has 1 atom stereocenters. The van der Waals surface area contributed by atoms with Crippen molar-refractivity contribution < 1.29 is 0 Å². The van der Waals surface area contributed by atoms with Crippen molar-refractivity contribution in [3.8, 4) is 0 Å². The van der Waals surface area contributed by atoms with Crippen LogP contribution < -0.4 is 0 Å². The lowest BCUT2D eigenvalue weighted by Crippen LogP contribution is -2.23. The summed E-state index contributed by atoms with van der Waals surface area (Å²) in [5.41, 5.74) is 1.81. The number of hydrogen-bond acceptors (Lipinski definition) is 0. The van der Waals surface area contributed by atoms with E-state index in [0.29, 0.717) is 17.3 Å². The number of rotatable bonds is 2. The molecule has 0 amide bonds. The Hall–Kier alpha value is -0.780. The maximum absolute atomic E-state index is 2.32. The van der Waals surface area contributed by atoms with E-state index >= 15 is 0 Å². The highest BCUT2D eigenvalue weighted by Gasteiger charge is 2.28. The molecule has 0 spiro atoms. The predicted octanol–water partition coefficient (Wildman–Crippen LogP) is 4.47. The van der Waals surface area contributed by atoms with Crippen LogP contribution in [0.3, 0.4) is 0 Å². The molecule has 0 aromatic heterocycles. The van der Waals surface area contributed by atoms with Gasteiger partial charge in [-0.3, -0.25) is 0 Å². The van der Waals surface area contributed by atoms with Crippen molar-refractivity contribution in [2.45, 2.75) is 40.5 Å². The first-order valence-corrected chi connectivity index (χ1v) is 5.48. The summed E-state index contributed by atoms with van der Waals surface area (Å²) < 4.78 is 0. The van der Waals surface area contributed by atoms with Crippen molar-refractivity contribution in [2.24, 2.45) is 11.3 Å². The van der Waals surface area contributed by atoms with Gasteiger partial charge in [-0.2, -0.15) is 0 Å². The monoisotopic (exact) mass is 190 g/mol. The van der Waals surface area contributed by atoms with Crippen molar-refractivity contribution in [3.05, 3.63) is 35.9 Å². The minimum Gasteiger partial charge on any atom is -0.0622 e. The number of hydrogen-bond donors (Lipinski definition) is 0. The highest BCUT2D eigenvalue weighted by molar-refractivity contribution is 5.21. The fourth-order valence-corrected chi connectivity index (χ4v) is 2.55. The first kappa shape index (κ1) is 11.3. The highest BCUT2D eigenvalue weighted by atomic mass is 14.3. The molecule has 0 saturated heterocycles. The van der Waals surface area contributed by atoms with Crippen molar-refractivity contribution in [2.75, 3.05) is 0 Å². The minimum atomic E-state index is 0.343. The minimum absolute atomic E-state index is 0.343. The molecule has 14 heavy (non-hydrogen) atoms. The lowest BCUT2D eigenvalue weighted by Gasteiger charge is -2.34. The molecule has 1 unspecified atom stereocenters. The third-order valence-electron chi connectivity index (χ3n) is 2.76. The molecule has 0 heteroatoms. The smallest absolute Gasteiger partial charge is 0.00902 e. The van der Waals surface area contributed by atoms with Crippen molar-refractivity contribution in [3.63, 3.8) is 0 Å². The van der Waals surface area contributed by atoms with Crippen LogP contribution in [0, 0.1) is 11.3 Å². The predicted molar refractivity (Wildman–Crippen MR) is 63.5 cm³/mol. The quantitative estimate of drug-likeness (QED) is 0.645. The van der Waals surface area contributed by atoms with Gasteiger partial charge in [-0.05, 0) is 22.8 Å². The molecule has 0 fully saturated rings. The molecule has 0 aliphatic heterocycles. The average molecular weight is 190 g/mol. The van der Waals surface area contributed by atoms with Gasteiger partial charge in [-0.1, -0.05) is 65.0 Å². The van der Waals surface area contributed by atoms with Gasteiger partial charge in [0.05, 0.1) is 0 Å². The Morgan fingerprint density at radius 3 is 1.79 bits per heavy atom. The first-order chi connectivity index (χ1) is 6.43. The zero-order chi connectivity index (χ0) is 10.8. The van der Waals surface area contributed by atoms with Crippen LogP contribution in [0.4, 0.5) is 0 Å². The van der Waals surface area contributed by atoms with E-state index in [9.17, 15) is 0 Å². The van der Waals surface area contributed by atoms with Crippen LogP contribution in [-0.2, 0) is 0 Å².